The van der Waals surface area contributed by atoms with Gasteiger partial charge in [0.1, 0.15) is 6.04 Å². The van der Waals surface area contributed by atoms with E-state index in [0.717, 1.165) is 8.68 Å². The number of hydrogen-bond donors (Lipinski definition) is 1. The molecule has 102 valence electrons. The Morgan fingerprint density at radius 1 is 1.44 bits per heavy atom. The van der Waals surface area contributed by atoms with Crippen molar-refractivity contribution < 1.29 is 9.53 Å². The third-order valence-corrected chi connectivity index (χ3v) is 5.08. The molecule has 5 nitrogen and oxygen atoms in total. The van der Waals surface area contributed by atoms with Gasteiger partial charge in [0.05, 0.1) is 7.11 Å². The zero-order valence-corrected chi connectivity index (χ0v) is 13.2. The van der Waals surface area contributed by atoms with Gasteiger partial charge in [0, 0.05) is 11.8 Å². The summed E-state index contributed by atoms with van der Waals surface area (Å²) in [5, 5.41) is 11.2. The molecule has 0 spiro atoms. The molecule has 1 aromatic rings. The van der Waals surface area contributed by atoms with E-state index in [1.807, 2.05) is 20.1 Å². The Balaban J connectivity index is 2.52. The van der Waals surface area contributed by atoms with Crippen LogP contribution >= 0.6 is 34.9 Å². The quantitative estimate of drug-likeness (QED) is 0.609. The van der Waals surface area contributed by atoms with Gasteiger partial charge in [-0.15, -0.1) is 10.2 Å². The number of nitrogens with zero attached hydrogens (tertiary/aromatic N) is 2. The first-order valence-corrected chi connectivity index (χ1v) is 8.43. The van der Waals surface area contributed by atoms with Crippen LogP contribution in [0.5, 0.6) is 0 Å². The van der Waals surface area contributed by atoms with Crippen molar-refractivity contribution >= 4 is 40.8 Å². The predicted octanol–water partition coefficient (Wildman–Crippen LogP) is 1.89. The average Bonchev–Trinajstić information content (AvgIpc) is 2.81. The summed E-state index contributed by atoms with van der Waals surface area (Å²) in [7, 11) is 1.40. The Bertz CT molecular complexity index is 384. The molecule has 0 radical (unpaired) electrons. The van der Waals surface area contributed by atoms with Gasteiger partial charge in [0.25, 0.3) is 0 Å². The van der Waals surface area contributed by atoms with Crippen LogP contribution in [-0.2, 0) is 9.53 Å². The minimum atomic E-state index is -0.318. The molecule has 1 unspecified atom stereocenters. The second-order valence-corrected chi connectivity index (χ2v) is 7.04. The summed E-state index contributed by atoms with van der Waals surface area (Å²) in [6.07, 6.45) is 1.96. The molecule has 1 atom stereocenters. The Hall–Kier alpha value is -0.310. The fourth-order valence-corrected chi connectivity index (χ4v) is 3.70. The minimum absolute atomic E-state index is 0.228. The summed E-state index contributed by atoms with van der Waals surface area (Å²) in [4.78, 5) is 11.6. The number of ether oxygens (including phenoxy) is 1. The first kappa shape index (κ1) is 15.7. The molecule has 0 aliphatic carbocycles. The van der Waals surface area contributed by atoms with Gasteiger partial charge in [-0.25, -0.2) is 0 Å². The topological polar surface area (TPSA) is 64.1 Å². The van der Waals surface area contributed by atoms with Gasteiger partial charge in [-0.1, -0.05) is 48.7 Å². The second kappa shape index (κ2) is 7.98. The molecule has 1 N–H and O–H groups in total. The predicted molar refractivity (Wildman–Crippen MR) is 76.5 cm³/mol. The molecule has 0 amide bonds. The number of thioether (sulfide) groups is 2. The Morgan fingerprint density at radius 2 is 2.11 bits per heavy atom. The largest absolute Gasteiger partial charge is 0.468 e. The Morgan fingerprint density at radius 3 is 2.61 bits per heavy atom. The van der Waals surface area contributed by atoms with Crippen molar-refractivity contribution in [2.24, 2.45) is 0 Å². The van der Waals surface area contributed by atoms with Crippen LogP contribution in [0.3, 0.4) is 0 Å². The molecule has 0 aliphatic heterocycles. The van der Waals surface area contributed by atoms with Crippen molar-refractivity contribution in [2.45, 2.75) is 34.6 Å². The van der Waals surface area contributed by atoms with E-state index in [1.54, 1.807) is 11.8 Å². The number of carbonyl (C=O) groups is 1. The lowest BCUT2D eigenvalue weighted by molar-refractivity contribution is -0.142. The zero-order chi connectivity index (χ0) is 13.5. The summed E-state index contributed by atoms with van der Waals surface area (Å²) in [6.45, 7) is 3.99. The van der Waals surface area contributed by atoms with Crippen LogP contribution in [0.25, 0.3) is 0 Å². The fraction of sp³-hybridized carbons (Fsp3) is 0.700. The summed E-state index contributed by atoms with van der Waals surface area (Å²) in [5.74, 6) is 0.347. The van der Waals surface area contributed by atoms with Gasteiger partial charge in [-0.2, -0.15) is 0 Å². The minimum Gasteiger partial charge on any atom is -0.468 e. The van der Waals surface area contributed by atoms with Gasteiger partial charge in [0.2, 0.25) is 0 Å². The van der Waals surface area contributed by atoms with Crippen LogP contribution in [0, 0.1) is 0 Å². The summed E-state index contributed by atoms with van der Waals surface area (Å²) in [6, 6.07) is -0.0903. The fourth-order valence-electron chi connectivity index (χ4n) is 1.22. The highest BCUT2D eigenvalue weighted by Gasteiger charge is 2.20. The monoisotopic (exact) mass is 307 g/mol. The number of hydrogen-bond acceptors (Lipinski definition) is 8. The molecule has 0 aliphatic rings. The van der Waals surface area contributed by atoms with Crippen molar-refractivity contribution in [1.29, 1.82) is 0 Å². The molecule has 1 aromatic heterocycles. The van der Waals surface area contributed by atoms with Gasteiger partial charge >= 0.3 is 5.97 Å². The lowest BCUT2D eigenvalue weighted by atomic mass is 10.3. The SMILES string of the molecule is COC(=O)C(CSc1nnc(SC)s1)NC(C)C. The molecule has 1 heterocycles. The molecule has 0 fully saturated rings. The molecule has 0 aromatic carbocycles. The third kappa shape index (κ3) is 5.13. The van der Waals surface area contributed by atoms with Crippen molar-refractivity contribution in [2.75, 3.05) is 19.1 Å². The van der Waals surface area contributed by atoms with E-state index < -0.39 is 0 Å². The highest BCUT2D eigenvalue weighted by Crippen LogP contribution is 2.27. The molecule has 0 saturated heterocycles. The van der Waals surface area contributed by atoms with Crippen LogP contribution in [0.1, 0.15) is 13.8 Å². The normalized spacial score (nSPS) is 12.7. The molecular weight excluding hydrogens is 290 g/mol. The van der Waals surface area contributed by atoms with E-state index >= 15 is 0 Å². The van der Waals surface area contributed by atoms with Crippen molar-refractivity contribution in [3.05, 3.63) is 0 Å². The third-order valence-electron chi connectivity index (χ3n) is 1.96. The Kier molecular flexibility index (Phi) is 6.98. The van der Waals surface area contributed by atoms with Gasteiger partial charge in [0.15, 0.2) is 8.68 Å². The first-order chi connectivity index (χ1) is 8.56. The smallest absolute Gasteiger partial charge is 0.323 e. The summed E-state index contributed by atoms with van der Waals surface area (Å²) in [5.41, 5.74) is 0. The maximum Gasteiger partial charge on any atom is 0.323 e. The number of aromatic nitrogens is 2. The van der Waals surface area contributed by atoms with Crippen LogP contribution in [-0.4, -0.2) is 47.4 Å². The zero-order valence-electron chi connectivity index (χ0n) is 10.8. The van der Waals surface area contributed by atoms with E-state index in [2.05, 4.69) is 15.5 Å². The van der Waals surface area contributed by atoms with Gasteiger partial charge in [-0.3, -0.25) is 4.79 Å². The lowest BCUT2D eigenvalue weighted by Gasteiger charge is -2.17. The van der Waals surface area contributed by atoms with Crippen LogP contribution in [0.4, 0.5) is 0 Å². The highest BCUT2D eigenvalue weighted by atomic mass is 32.2. The Labute approximate surface area is 119 Å². The number of nitrogens with one attached hydrogen (secondary N) is 1. The highest BCUT2D eigenvalue weighted by molar-refractivity contribution is 8.03. The maximum absolute atomic E-state index is 11.6. The van der Waals surface area contributed by atoms with Crippen molar-refractivity contribution in [1.82, 2.24) is 15.5 Å². The number of rotatable bonds is 7. The van der Waals surface area contributed by atoms with Crippen molar-refractivity contribution in [3.8, 4) is 0 Å². The summed E-state index contributed by atoms with van der Waals surface area (Å²) >= 11 is 4.63. The van der Waals surface area contributed by atoms with E-state index in [1.165, 1.54) is 30.2 Å². The van der Waals surface area contributed by atoms with E-state index in [0.29, 0.717) is 5.75 Å². The number of carbonyl (C=O) groups excluding carboxylic acids is 1. The molecule has 18 heavy (non-hydrogen) atoms. The molecule has 0 bridgehead atoms. The van der Waals surface area contributed by atoms with Crippen LogP contribution in [0.15, 0.2) is 8.68 Å². The van der Waals surface area contributed by atoms with E-state index in [9.17, 15) is 4.79 Å². The molecular formula is C10H17N3O2S3. The van der Waals surface area contributed by atoms with E-state index in [-0.39, 0.29) is 18.1 Å². The summed E-state index contributed by atoms with van der Waals surface area (Å²) < 4.78 is 6.58. The lowest BCUT2D eigenvalue weighted by Crippen LogP contribution is -2.43. The standard InChI is InChI=1S/C10H17N3O2S3/c1-6(2)11-7(8(14)15-3)5-17-10-13-12-9(16-4)18-10/h6-7,11H,5H2,1-4H3. The van der Waals surface area contributed by atoms with Crippen LogP contribution < -0.4 is 5.32 Å². The van der Waals surface area contributed by atoms with Gasteiger partial charge < -0.3 is 10.1 Å². The molecule has 1 rings (SSSR count). The average molecular weight is 307 g/mol. The first-order valence-electron chi connectivity index (χ1n) is 5.41. The van der Waals surface area contributed by atoms with Gasteiger partial charge in [-0.05, 0) is 6.26 Å². The number of methoxy groups -OCH3 is 1. The molecule has 8 heteroatoms. The molecule has 0 saturated carbocycles. The van der Waals surface area contributed by atoms with Crippen LogP contribution in [0.2, 0.25) is 0 Å². The maximum atomic E-state index is 11.6. The number of esters is 1. The van der Waals surface area contributed by atoms with Crippen molar-refractivity contribution in [3.63, 3.8) is 0 Å². The second-order valence-electron chi connectivity index (χ2n) is 3.75. The van der Waals surface area contributed by atoms with E-state index in [4.69, 9.17) is 4.74 Å².